The lowest BCUT2D eigenvalue weighted by molar-refractivity contribution is -0.121. The first kappa shape index (κ1) is 19.9. The van der Waals surface area contributed by atoms with Gasteiger partial charge in [-0.15, -0.1) is 0 Å². The number of ether oxygens (including phenoxy) is 2. The minimum atomic E-state index is -0.0339. The molecule has 1 atom stereocenters. The van der Waals surface area contributed by atoms with E-state index in [1.54, 1.807) is 11.8 Å². The van der Waals surface area contributed by atoms with Crippen LogP contribution in [0.15, 0.2) is 18.2 Å². The number of aromatic nitrogens is 2. The third kappa shape index (κ3) is 4.18. The van der Waals surface area contributed by atoms with E-state index in [1.807, 2.05) is 32.0 Å². The second-order valence-electron chi connectivity index (χ2n) is 7.21. The molecule has 0 aliphatic carbocycles. The average molecular weight is 385 g/mol. The Kier molecular flexibility index (Phi) is 6.02. The molecular formula is C21H27N3O4. The maximum atomic E-state index is 12.3. The van der Waals surface area contributed by atoms with Crippen molar-refractivity contribution in [3.05, 3.63) is 40.7 Å². The van der Waals surface area contributed by atoms with Crippen molar-refractivity contribution in [3.8, 4) is 11.5 Å². The van der Waals surface area contributed by atoms with E-state index in [0.29, 0.717) is 37.4 Å². The first-order valence-corrected chi connectivity index (χ1v) is 9.51. The highest BCUT2D eigenvalue weighted by Gasteiger charge is 2.23. The molecule has 0 unspecified atom stereocenters. The van der Waals surface area contributed by atoms with Crippen molar-refractivity contribution in [3.63, 3.8) is 0 Å². The lowest BCUT2D eigenvalue weighted by atomic mass is 9.96. The number of aryl methyl sites for hydroxylation is 2. The SMILES string of the molecule is COc1cccc2c1OC[C@@H](CNC(=O)CCn1nc(C)c(C(C)=O)c1C)C2. The van der Waals surface area contributed by atoms with Gasteiger partial charge < -0.3 is 14.8 Å². The van der Waals surface area contributed by atoms with Crippen LogP contribution in [-0.4, -0.2) is 41.7 Å². The van der Waals surface area contributed by atoms with E-state index < -0.39 is 0 Å². The number of para-hydroxylation sites is 1. The highest BCUT2D eigenvalue weighted by atomic mass is 16.5. The summed E-state index contributed by atoms with van der Waals surface area (Å²) in [5.74, 6) is 1.74. The standard InChI is InChI=1S/C21H27N3O4/c1-13-20(15(3)25)14(2)24(23-13)9-8-19(26)22-11-16-10-17-6-5-7-18(27-4)21(17)28-12-16/h5-7,16H,8-12H2,1-4H3,(H,22,26)/t16-/m1/s1. The molecule has 1 aromatic carbocycles. The third-order valence-corrected chi connectivity index (χ3v) is 5.12. The van der Waals surface area contributed by atoms with Gasteiger partial charge in [0, 0.05) is 31.1 Å². The first-order chi connectivity index (χ1) is 13.4. The number of ketones is 1. The number of amides is 1. The van der Waals surface area contributed by atoms with Crippen LogP contribution in [-0.2, 0) is 17.8 Å². The maximum Gasteiger partial charge on any atom is 0.221 e. The monoisotopic (exact) mass is 385 g/mol. The molecule has 0 saturated heterocycles. The van der Waals surface area contributed by atoms with Gasteiger partial charge in [-0.1, -0.05) is 12.1 Å². The molecule has 0 fully saturated rings. The number of fused-ring (bicyclic) bond motifs is 1. The summed E-state index contributed by atoms with van der Waals surface area (Å²) < 4.78 is 12.9. The van der Waals surface area contributed by atoms with Gasteiger partial charge in [0.25, 0.3) is 0 Å². The topological polar surface area (TPSA) is 82.4 Å². The van der Waals surface area contributed by atoms with Crippen molar-refractivity contribution in [2.75, 3.05) is 20.3 Å². The fourth-order valence-corrected chi connectivity index (χ4v) is 3.73. The minimum absolute atomic E-state index is 0.0000817. The van der Waals surface area contributed by atoms with Crippen LogP contribution in [0.2, 0.25) is 0 Å². The number of Topliss-reactive ketones (excluding diaryl/α,β-unsaturated/α-hetero) is 1. The van der Waals surface area contributed by atoms with Gasteiger partial charge in [-0.05, 0) is 38.8 Å². The smallest absolute Gasteiger partial charge is 0.221 e. The second-order valence-corrected chi connectivity index (χ2v) is 7.21. The Balaban J connectivity index is 1.50. The molecular weight excluding hydrogens is 358 g/mol. The Hall–Kier alpha value is -2.83. The molecule has 1 aliphatic rings. The van der Waals surface area contributed by atoms with Crippen LogP contribution in [0.5, 0.6) is 11.5 Å². The number of benzene rings is 1. The Bertz CT molecular complexity index is 888. The number of nitrogens with one attached hydrogen (secondary N) is 1. The Labute approximate surface area is 165 Å². The molecule has 28 heavy (non-hydrogen) atoms. The molecule has 1 amide bonds. The number of hydrogen-bond donors (Lipinski definition) is 1. The Morgan fingerprint density at radius 1 is 1.36 bits per heavy atom. The zero-order valence-electron chi connectivity index (χ0n) is 16.9. The Morgan fingerprint density at radius 3 is 2.82 bits per heavy atom. The summed E-state index contributed by atoms with van der Waals surface area (Å²) in [4.78, 5) is 24.0. The van der Waals surface area contributed by atoms with Gasteiger partial charge in [0.15, 0.2) is 17.3 Å². The van der Waals surface area contributed by atoms with Crippen LogP contribution in [0.1, 0.15) is 40.7 Å². The summed E-state index contributed by atoms with van der Waals surface area (Å²) in [5.41, 5.74) is 3.26. The fourth-order valence-electron chi connectivity index (χ4n) is 3.73. The van der Waals surface area contributed by atoms with Crippen LogP contribution >= 0.6 is 0 Å². The summed E-state index contributed by atoms with van der Waals surface area (Å²) in [7, 11) is 1.63. The molecule has 7 nitrogen and oxygen atoms in total. The van der Waals surface area contributed by atoms with Crippen molar-refractivity contribution < 1.29 is 19.1 Å². The quantitative estimate of drug-likeness (QED) is 0.741. The van der Waals surface area contributed by atoms with Gasteiger partial charge in [-0.2, -0.15) is 5.10 Å². The molecule has 0 bridgehead atoms. The zero-order chi connectivity index (χ0) is 20.3. The van der Waals surface area contributed by atoms with Crippen LogP contribution in [0.4, 0.5) is 0 Å². The van der Waals surface area contributed by atoms with E-state index >= 15 is 0 Å². The highest BCUT2D eigenvalue weighted by Crippen LogP contribution is 2.35. The lowest BCUT2D eigenvalue weighted by Crippen LogP contribution is -2.35. The summed E-state index contributed by atoms with van der Waals surface area (Å²) in [6.07, 6.45) is 1.16. The normalized spacial score (nSPS) is 15.5. The molecule has 2 heterocycles. The van der Waals surface area contributed by atoms with E-state index in [2.05, 4.69) is 10.4 Å². The molecule has 1 aromatic heterocycles. The maximum absolute atomic E-state index is 12.3. The van der Waals surface area contributed by atoms with Gasteiger partial charge in [0.05, 0.1) is 25.0 Å². The summed E-state index contributed by atoms with van der Waals surface area (Å²) in [5, 5.41) is 7.37. The van der Waals surface area contributed by atoms with E-state index in [0.717, 1.165) is 29.2 Å². The number of carbonyl (C=O) groups is 2. The molecule has 2 aromatic rings. The van der Waals surface area contributed by atoms with Crippen molar-refractivity contribution in [1.82, 2.24) is 15.1 Å². The summed E-state index contributed by atoms with van der Waals surface area (Å²) in [6.45, 7) is 6.77. The van der Waals surface area contributed by atoms with Gasteiger partial charge in [-0.25, -0.2) is 0 Å². The number of methoxy groups -OCH3 is 1. The van der Waals surface area contributed by atoms with Crippen molar-refractivity contribution in [2.24, 2.45) is 5.92 Å². The van der Waals surface area contributed by atoms with E-state index in [9.17, 15) is 9.59 Å². The largest absolute Gasteiger partial charge is 0.493 e. The van der Waals surface area contributed by atoms with Crippen molar-refractivity contribution in [1.29, 1.82) is 0 Å². The second kappa shape index (κ2) is 8.46. The number of rotatable bonds is 7. The molecule has 1 N–H and O–H groups in total. The lowest BCUT2D eigenvalue weighted by Gasteiger charge is -2.26. The molecule has 3 rings (SSSR count). The van der Waals surface area contributed by atoms with Crippen LogP contribution in [0.3, 0.4) is 0 Å². The van der Waals surface area contributed by atoms with E-state index in [4.69, 9.17) is 9.47 Å². The molecule has 0 spiro atoms. The van der Waals surface area contributed by atoms with Crippen LogP contribution in [0, 0.1) is 19.8 Å². The van der Waals surface area contributed by atoms with Gasteiger partial charge in [0.1, 0.15) is 0 Å². The van der Waals surface area contributed by atoms with E-state index in [1.165, 1.54) is 6.92 Å². The predicted molar refractivity (Wildman–Crippen MR) is 105 cm³/mol. The predicted octanol–water partition coefficient (Wildman–Crippen LogP) is 2.47. The number of hydrogen-bond acceptors (Lipinski definition) is 5. The summed E-state index contributed by atoms with van der Waals surface area (Å²) >= 11 is 0. The summed E-state index contributed by atoms with van der Waals surface area (Å²) in [6, 6.07) is 5.87. The highest BCUT2D eigenvalue weighted by molar-refractivity contribution is 5.96. The Morgan fingerprint density at radius 2 is 2.14 bits per heavy atom. The molecule has 0 radical (unpaired) electrons. The average Bonchev–Trinajstić information content (AvgIpc) is 2.97. The van der Waals surface area contributed by atoms with Crippen molar-refractivity contribution in [2.45, 2.75) is 40.2 Å². The number of carbonyl (C=O) groups excluding carboxylic acids is 2. The molecule has 7 heteroatoms. The van der Waals surface area contributed by atoms with Crippen LogP contribution in [0.25, 0.3) is 0 Å². The molecule has 1 aliphatic heterocycles. The fraction of sp³-hybridized carbons (Fsp3) is 0.476. The third-order valence-electron chi connectivity index (χ3n) is 5.12. The van der Waals surface area contributed by atoms with Gasteiger partial charge in [0.2, 0.25) is 5.91 Å². The van der Waals surface area contributed by atoms with Crippen molar-refractivity contribution >= 4 is 11.7 Å². The number of nitrogens with zero attached hydrogens (tertiary/aromatic N) is 2. The van der Waals surface area contributed by atoms with E-state index in [-0.39, 0.29) is 17.6 Å². The minimum Gasteiger partial charge on any atom is -0.493 e. The van der Waals surface area contributed by atoms with Gasteiger partial charge >= 0.3 is 0 Å². The first-order valence-electron chi connectivity index (χ1n) is 9.51. The molecule has 0 saturated carbocycles. The van der Waals surface area contributed by atoms with Crippen LogP contribution < -0.4 is 14.8 Å². The van der Waals surface area contributed by atoms with Gasteiger partial charge in [-0.3, -0.25) is 14.3 Å². The zero-order valence-corrected chi connectivity index (χ0v) is 16.9. The molecule has 150 valence electrons.